The van der Waals surface area contributed by atoms with Crippen LogP contribution < -0.4 is 5.32 Å². The molecule has 0 spiro atoms. The second-order valence-corrected chi connectivity index (χ2v) is 7.27. The molecule has 1 N–H and O–H groups in total. The Morgan fingerprint density at radius 1 is 1.29 bits per heavy atom. The Balaban J connectivity index is 1.64. The topological polar surface area (TPSA) is 79.2 Å². The second kappa shape index (κ2) is 8.95. The fraction of sp³-hybridized carbons (Fsp3) is 0.471. The van der Waals surface area contributed by atoms with Crippen LogP contribution in [0, 0.1) is 11.3 Å². The Bertz CT molecular complexity index is 622. The lowest BCUT2D eigenvalue weighted by atomic mass is 10.00. The minimum atomic E-state index is -0.784. The number of carbonyl (C=O) groups excluding carboxylic acids is 2. The zero-order valence-electron chi connectivity index (χ0n) is 13.2. The van der Waals surface area contributed by atoms with Crippen LogP contribution in [0.4, 0.5) is 0 Å². The molecule has 1 aliphatic carbocycles. The lowest BCUT2D eigenvalue weighted by molar-refractivity contribution is -0.148. The van der Waals surface area contributed by atoms with Crippen molar-refractivity contribution in [2.75, 3.05) is 12.4 Å². The Hall–Kier alpha value is -1.71. The lowest BCUT2D eigenvalue weighted by Gasteiger charge is -2.21. The zero-order valence-corrected chi connectivity index (χ0v) is 14.8. The number of amides is 1. The molecular weight excluding hydrogens is 348 g/mol. The van der Waals surface area contributed by atoms with Crippen LogP contribution in [-0.2, 0) is 14.3 Å². The van der Waals surface area contributed by atoms with Crippen LogP contribution in [0.2, 0.25) is 5.02 Å². The average Bonchev–Trinajstić information content (AvgIpc) is 3.04. The number of halogens is 1. The molecule has 2 rings (SSSR count). The molecule has 7 heteroatoms. The quantitative estimate of drug-likeness (QED) is 0.591. The number of hydrogen-bond acceptors (Lipinski definition) is 5. The molecule has 1 amide bonds. The molecule has 5 nitrogen and oxygen atoms in total. The first-order chi connectivity index (χ1) is 11.5. The Morgan fingerprint density at radius 3 is 2.58 bits per heavy atom. The largest absolute Gasteiger partial charge is 0.456 e. The molecule has 0 unspecified atom stereocenters. The van der Waals surface area contributed by atoms with Gasteiger partial charge in [0.15, 0.2) is 6.61 Å². The molecule has 0 atom stereocenters. The van der Waals surface area contributed by atoms with Crippen molar-refractivity contribution in [1.29, 1.82) is 5.26 Å². The van der Waals surface area contributed by atoms with Gasteiger partial charge in [-0.25, -0.2) is 0 Å². The third-order valence-corrected chi connectivity index (χ3v) is 5.07. The maximum Gasteiger partial charge on any atom is 0.307 e. The van der Waals surface area contributed by atoms with Crippen molar-refractivity contribution in [1.82, 2.24) is 5.32 Å². The van der Waals surface area contributed by atoms with Crippen molar-refractivity contribution >= 4 is 35.2 Å². The number of nitrogens with zero attached hydrogens (tertiary/aromatic N) is 1. The first-order valence-electron chi connectivity index (χ1n) is 7.79. The highest BCUT2D eigenvalue weighted by molar-refractivity contribution is 7.99. The summed E-state index contributed by atoms with van der Waals surface area (Å²) in [4.78, 5) is 24.5. The first kappa shape index (κ1) is 18.6. The summed E-state index contributed by atoms with van der Waals surface area (Å²) >= 11 is 7.32. The number of nitriles is 1. The molecule has 1 aromatic carbocycles. The molecule has 0 heterocycles. The van der Waals surface area contributed by atoms with Gasteiger partial charge in [0.05, 0.1) is 12.5 Å². The van der Waals surface area contributed by atoms with Gasteiger partial charge in [0.25, 0.3) is 5.91 Å². The minimum Gasteiger partial charge on any atom is -0.456 e. The Kier molecular flexibility index (Phi) is 6.95. The van der Waals surface area contributed by atoms with Gasteiger partial charge >= 0.3 is 5.97 Å². The van der Waals surface area contributed by atoms with E-state index in [0.29, 0.717) is 23.6 Å². The van der Waals surface area contributed by atoms with Crippen molar-refractivity contribution in [3.8, 4) is 6.07 Å². The lowest BCUT2D eigenvalue weighted by Crippen LogP contribution is -2.46. The van der Waals surface area contributed by atoms with Crippen molar-refractivity contribution in [3.05, 3.63) is 29.3 Å². The number of ether oxygens (including phenoxy) is 1. The normalized spacial score (nSPS) is 15.5. The van der Waals surface area contributed by atoms with Gasteiger partial charge in [0.2, 0.25) is 0 Å². The molecule has 128 valence electrons. The highest BCUT2D eigenvalue weighted by Crippen LogP contribution is 2.28. The standard InChI is InChI=1S/C17H19ClN2O3S/c18-13-3-5-14(6-4-13)24-10-7-16(22)23-11-15(21)20-17(12-19)8-1-2-9-17/h3-6H,1-2,7-11H2,(H,20,21). The summed E-state index contributed by atoms with van der Waals surface area (Å²) in [6, 6.07) is 9.52. The number of hydrogen-bond donors (Lipinski definition) is 1. The molecule has 1 fully saturated rings. The van der Waals surface area contributed by atoms with Gasteiger partial charge < -0.3 is 10.1 Å². The van der Waals surface area contributed by atoms with Crippen LogP contribution in [0.5, 0.6) is 0 Å². The number of nitrogens with one attached hydrogen (secondary N) is 1. The van der Waals surface area contributed by atoms with Crippen LogP contribution in [-0.4, -0.2) is 29.8 Å². The van der Waals surface area contributed by atoms with E-state index in [1.54, 1.807) is 12.1 Å². The molecule has 0 radical (unpaired) electrons. The van der Waals surface area contributed by atoms with E-state index in [1.165, 1.54) is 11.8 Å². The summed E-state index contributed by atoms with van der Waals surface area (Å²) in [7, 11) is 0. The molecule has 0 aliphatic heterocycles. The van der Waals surface area contributed by atoms with E-state index in [2.05, 4.69) is 11.4 Å². The SMILES string of the molecule is N#CC1(NC(=O)COC(=O)CCSc2ccc(Cl)cc2)CCCC1. The number of rotatable bonds is 7. The van der Waals surface area contributed by atoms with Crippen LogP contribution >= 0.6 is 23.4 Å². The van der Waals surface area contributed by atoms with Crippen molar-refractivity contribution in [3.63, 3.8) is 0 Å². The van der Waals surface area contributed by atoms with Gasteiger partial charge in [-0.15, -0.1) is 11.8 Å². The van der Waals surface area contributed by atoms with Crippen LogP contribution in [0.15, 0.2) is 29.2 Å². The maximum absolute atomic E-state index is 11.8. The number of carbonyl (C=O) groups is 2. The van der Waals surface area contributed by atoms with Gasteiger partial charge in [-0.2, -0.15) is 5.26 Å². The monoisotopic (exact) mass is 366 g/mol. The van der Waals surface area contributed by atoms with Gasteiger partial charge in [0.1, 0.15) is 5.54 Å². The predicted octanol–water partition coefficient (Wildman–Crippen LogP) is 3.32. The minimum absolute atomic E-state index is 0.212. The number of thioether (sulfide) groups is 1. The van der Waals surface area contributed by atoms with E-state index in [1.807, 2.05) is 12.1 Å². The van der Waals surface area contributed by atoms with Crippen LogP contribution in [0.1, 0.15) is 32.1 Å². The molecule has 24 heavy (non-hydrogen) atoms. The number of benzene rings is 1. The third kappa shape index (κ3) is 5.73. The van der Waals surface area contributed by atoms with Gasteiger partial charge in [-0.1, -0.05) is 11.6 Å². The molecule has 1 saturated carbocycles. The molecule has 0 aromatic heterocycles. The van der Waals surface area contributed by atoms with Gasteiger partial charge in [0, 0.05) is 15.7 Å². The number of esters is 1. The van der Waals surface area contributed by atoms with Crippen molar-refractivity contribution < 1.29 is 14.3 Å². The van der Waals surface area contributed by atoms with Crippen molar-refractivity contribution in [2.45, 2.75) is 42.5 Å². The Labute approximate surface area is 150 Å². The van der Waals surface area contributed by atoms with Crippen LogP contribution in [0.25, 0.3) is 0 Å². The summed E-state index contributed by atoms with van der Waals surface area (Å²) < 4.78 is 4.97. The summed E-state index contributed by atoms with van der Waals surface area (Å²) in [5.41, 5.74) is -0.784. The zero-order chi connectivity index (χ0) is 17.4. The van der Waals surface area contributed by atoms with Crippen LogP contribution in [0.3, 0.4) is 0 Å². The van der Waals surface area contributed by atoms with E-state index >= 15 is 0 Å². The maximum atomic E-state index is 11.8. The summed E-state index contributed by atoms with van der Waals surface area (Å²) in [5, 5.41) is 12.6. The second-order valence-electron chi connectivity index (χ2n) is 5.66. The highest BCUT2D eigenvalue weighted by Gasteiger charge is 2.35. The molecule has 0 bridgehead atoms. The predicted molar refractivity (Wildman–Crippen MR) is 92.7 cm³/mol. The average molecular weight is 367 g/mol. The molecule has 1 aromatic rings. The van der Waals surface area contributed by atoms with E-state index in [4.69, 9.17) is 16.3 Å². The van der Waals surface area contributed by atoms with E-state index in [-0.39, 0.29) is 13.0 Å². The summed E-state index contributed by atoms with van der Waals surface area (Å²) in [5.74, 6) is -0.286. The van der Waals surface area contributed by atoms with E-state index < -0.39 is 17.4 Å². The summed E-state index contributed by atoms with van der Waals surface area (Å²) in [6.07, 6.45) is 3.37. The van der Waals surface area contributed by atoms with Crippen molar-refractivity contribution in [2.24, 2.45) is 0 Å². The smallest absolute Gasteiger partial charge is 0.307 e. The van der Waals surface area contributed by atoms with Gasteiger partial charge in [-0.05, 0) is 49.9 Å². The van der Waals surface area contributed by atoms with E-state index in [9.17, 15) is 14.9 Å². The Morgan fingerprint density at radius 2 is 1.96 bits per heavy atom. The first-order valence-corrected chi connectivity index (χ1v) is 9.16. The van der Waals surface area contributed by atoms with Gasteiger partial charge in [-0.3, -0.25) is 9.59 Å². The molecular formula is C17H19ClN2O3S. The van der Waals surface area contributed by atoms with E-state index in [0.717, 1.165) is 17.7 Å². The fourth-order valence-electron chi connectivity index (χ4n) is 2.55. The third-order valence-electron chi connectivity index (χ3n) is 3.80. The molecule has 0 saturated heterocycles. The summed E-state index contributed by atoms with van der Waals surface area (Å²) in [6.45, 7) is -0.339. The fourth-order valence-corrected chi connectivity index (χ4v) is 3.51. The highest BCUT2D eigenvalue weighted by atomic mass is 35.5. The molecule has 1 aliphatic rings.